The second kappa shape index (κ2) is 8.59. The van der Waals surface area contributed by atoms with Gasteiger partial charge in [0.05, 0.1) is 0 Å². The first-order valence-corrected chi connectivity index (χ1v) is 8.13. The molecular weight excluding hydrogens is 353 g/mol. The van der Waals surface area contributed by atoms with Crippen LogP contribution in [-0.2, 0) is 4.79 Å². The normalized spacial score (nSPS) is 11.5. The fourth-order valence-electron chi connectivity index (χ4n) is 2.48. The first kappa shape index (κ1) is 19.6. The lowest BCUT2D eigenvalue weighted by atomic mass is 10.1. The van der Waals surface area contributed by atoms with Crippen LogP contribution < -0.4 is 10.1 Å². The number of carbonyl (C=O) groups is 2. The van der Waals surface area contributed by atoms with Crippen LogP contribution in [0.5, 0.6) is 5.75 Å². The molecule has 26 heavy (non-hydrogen) atoms. The number of halogens is 3. The van der Waals surface area contributed by atoms with Crippen molar-refractivity contribution in [1.29, 1.82) is 0 Å². The number of hydrogen-bond acceptors (Lipinski definition) is 3. The monoisotopic (exact) mass is 372 g/mol. The molecule has 2 rings (SSSR count). The number of carbonyl (C=O) groups excluding carboxylic acids is 1. The van der Waals surface area contributed by atoms with Crippen molar-refractivity contribution in [2.24, 2.45) is 0 Å². The molecule has 0 saturated heterocycles. The van der Waals surface area contributed by atoms with Crippen molar-refractivity contribution in [3.05, 3.63) is 30.0 Å². The predicted octanol–water partition coefficient (Wildman–Crippen LogP) is 3.83. The number of aromatic nitrogens is 1. The van der Waals surface area contributed by atoms with Gasteiger partial charge in [0.15, 0.2) is 0 Å². The molecular formula is C17H19F3N2O4. The molecule has 3 N–H and O–H groups in total. The molecule has 0 atom stereocenters. The van der Waals surface area contributed by atoms with Gasteiger partial charge in [-0.1, -0.05) is 12.8 Å². The third kappa shape index (κ3) is 6.30. The molecule has 1 aromatic carbocycles. The van der Waals surface area contributed by atoms with Gasteiger partial charge in [-0.15, -0.1) is 13.2 Å². The molecule has 0 aliphatic carbocycles. The zero-order valence-electron chi connectivity index (χ0n) is 13.9. The van der Waals surface area contributed by atoms with E-state index in [0.717, 1.165) is 19.3 Å². The second-order valence-electron chi connectivity index (χ2n) is 5.79. The van der Waals surface area contributed by atoms with Crippen molar-refractivity contribution < 1.29 is 32.6 Å². The minimum atomic E-state index is -4.77. The summed E-state index contributed by atoms with van der Waals surface area (Å²) in [5.41, 5.74) is 0.612. The Labute approximate surface area is 147 Å². The quantitative estimate of drug-likeness (QED) is 0.584. The van der Waals surface area contributed by atoms with Crippen LogP contribution in [0.2, 0.25) is 0 Å². The number of alkyl halides is 3. The number of aliphatic carboxylic acids is 1. The standard InChI is InChI=1S/C17H19F3N2O4/c18-17(19,20)26-12-7-6-11-9-14(22-13(11)10-12)16(25)21-8-4-2-1-3-5-15(23)24/h6-7,9-10,22H,1-5,8H2,(H,21,25)(H,23,24). The average molecular weight is 372 g/mol. The SMILES string of the molecule is O=C(O)CCCCCCNC(=O)c1cc2ccc(OC(F)(F)F)cc2[nH]1. The summed E-state index contributed by atoms with van der Waals surface area (Å²) in [5.74, 6) is -1.54. The van der Waals surface area contributed by atoms with E-state index < -0.39 is 12.3 Å². The van der Waals surface area contributed by atoms with Crippen LogP contribution in [0.15, 0.2) is 24.3 Å². The van der Waals surface area contributed by atoms with Gasteiger partial charge < -0.3 is 20.1 Å². The summed E-state index contributed by atoms with van der Waals surface area (Å²) in [4.78, 5) is 25.2. The van der Waals surface area contributed by atoms with Crippen LogP contribution in [0.1, 0.15) is 42.6 Å². The number of H-pyrrole nitrogens is 1. The number of carboxylic acids is 1. The maximum absolute atomic E-state index is 12.2. The Morgan fingerprint density at radius 3 is 2.54 bits per heavy atom. The Kier molecular flexibility index (Phi) is 6.48. The number of amides is 1. The Morgan fingerprint density at radius 2 is 1.85 bits per heavy atom. The van der Waals surface area contributed by atoms with E-state index in [0.29, 0.717) is 23.9 Å². The lowest BCUT2D eigenvalue weighted by Crippen LogP contribution is -2.24. The maximum Gasteiger partial charge on any atom is 0.573 e. The summed E-state index contributed by atoms with van der Waals surface area (Å²) in [5, 5.41) is 11.8. The fraction of sp³-hybridized carbons (Fsp3) is 0.412. The number of rotatable bonds is 9. The Balaban J connectivity index is 1.83. The molecule has 1 amide bonds. The smallest absolute Gasteiger partial charge is 0.481 e. The van der Waals surface area contributed by atoms with Crippen molar-refractivity contribution >= 4 is 22.8 Å². The van der Waals surface area contributed by atoms with Crippen LogP contribution in [0.3, 0.4) is 0 Å². The van der Waals surface area contributed by atoms with Crippen LogP contribution in [0.25, 0.3) is 10.9 Å². The lowest BCUT2D eigenvalue weighted by Gasteiger charge is -2.08. The van der Waals surface area contributed by atoms with Crippen LogP contribution in [-0.4, -0.2) is 34.9 Å². The molecule has 0 spiro atoms. The number of aromatic amines is 1. The summed E-state index contributed by atoms with van der Waals surface area (Å²) in [6.07, 6.45) is -1.73. The summed E-state index contributed by atoms with van der Waals surface area (Å²) in [6.45, 7) is 0.434. The zero-order valence-corrected chi connectivity index (χ0v) is 13.9. The minimum Gasteiger partial charge on any atom is -0.481 e. The van der Waals surface area contributed by atoms with Gasteiger partial charge in [-0.25, -0.2) is 0 Å². The lowest BCUT2D eigenvalue weighted by molar-refractivity contribution is -0.274. The van der Waals surface area contributed by atoms with E-state index in [9.17, 15) is 22.8 Å². The molecule has 0 aliphatic heterocycles. The van der Waals surface area contributed by atoms with Crippen molar-refractivity contribution in [2.75, 3.05) is 6.54 Å². The number of ether oxygens (including phenoxy) is 1. The molecule has 0 saturated carbocycles. The molecule has 6 nitrogen and oxygen atoms in total. The Morgan fingerprint density at radius 1 is 1.12 bits per heavy atom. The molecule has 142 valence electrons. The van der Waals surface area contributed by atoms with Crippen LogP contribution in [0.4, 0.5) is 13.2 Å². The average Bonchev–Trinajstić information content (AvgIpc) is 2.95. The van der Waals surface area contributed by atoms with Crippen LogP contribution >= 0.6 is 0 Å². The number of nitrogens with one attached hydrogen (secondary N) is 2. The number of unbranched alkanes of at least 4 members (excludes halogenated alkanes) is 3. The highest BCUT2D eigenvalue weighted by molar-refractivity contribution is 5.98. The summed E-state index contributed by atoms with van der Waals surface area (Å²) < 4.78 is 40.6. The molecule has 0 fully saturated rings. The molecule has 2 aromatic rings. The molecule has 0 aliphatic rings. The van der Waals surface area contributed by atoms with E-state index >= 15 is 0 Å². The van der Waals surface area contributed by atoms with Gasteiger partial charge in [0.1, 0.15) is 11.4 Å². The summed E-state index contributed by atoms with van der Waals surface area (Å²) in [6, 6.07) is 5.35. The summed E-state index contributed by atoms with van der Waals surface area (Å²) >= 11 is 0. The van der Waals surface area contributed by atoms with E-state index in [-0.39, 0.29) is 23.8 Å². The molecule has 0 radical (unpaired) electrons. The van der Waals surface area contributed by atoms with Crippen LogP contribution in [0, 0.1) is 0 Å². The van der Waals surface area contributed by atoms with Gasteiger partial charge >= 0.3 is 12.3 Å². The predicted molar refractivity (Wildman–Crippen MR) is 88.0 cm³/mol. The van der Waals surface area contributed by atoms with Gasteiger partial charge in [-0.05, 0) is 31.0 Å². The Hall–Kier alpha value is -2.71. The maximum atomic E-state index is 12.2. The first-order valence-electron chi connectivity index (χ1n) is 8.13. The van der Waals surface area contributed by atoms with Gasteiger partial charge in [0, 0.05) is 29.9 Å². The highest BCUT2D eigenvalue weighted by Crippen LogP contribution is 2.26. The van der Waals surface area contributed by atoms with Gasteiger partial charge in [-0.3, -0.25) is 9.59 Å². The molecule has 1 aromatic heterocycles. The fourth-order valence-corrected chi connectivity index (χ4v) is 2.48. The molecule has 9 heteroatoms. The highest BCUT2D eigenvalue weighted by Gasteiger charge is 2.31. The molecule has 0 unspecified atom stereocenters. The van der Waals surface area contributed by atoms with E-state index in [1.165, 1.54) is 18.2 Å². The van der Waals surface area contributed by atoms with Gasteiger partial charge in [0.25, 0.3) is 5.91 Å². The van der Waals surface area contributed by atoms with Gasteiger partial charge in [-0.2, -0.15) is 0 Å². The minimum absolute atomic E-state index is 0.140. The number of hydrogen-bond donors (Lipinski definition) is 3. The van der Waals surface area contributed by atoms with Crippen molar-refractivity contribution in [3.63, 3.8) is 0 Å². The largest absolute Gasteiger partial charge is 0.573 e. The van der Waals surface area contributed by atoms with E-state index in [1.807, 2.05) is 0 Å². The number of carboxylic acid groups (broad SMARTS) is 1. The second-order valence-corrected chi connectivity index (χ2v) is 5.79. The van der Waals surface area contributed by atoms with Crippen molar-refractivity contribution in [2.45, 2.75) is 38.5 Å². The number of fused-ring (bicyclic) bond motifs is 1. The molecule has 0 bridgehead atoms. The highest BCUT2D eigenvalue weighted by atomic mass is 19.4. The van der Waals surface area contributed by atoms with E-state index in [4.69, 9.17) is 5.11 Å². The Bertz CT molecular complexity index is 771. The van der Waals surface area contributed by atoms with E-state index in [2.05, 4.69) is 15.0 Å². The van der Waals surface area contributed by atoms with Gasteiger partial charge in [0.2, 0.25) is 0 Å². The third-order valence-corrected chi connectivity index (χ3v) is 3.68. The molecule has 1 heterocycles. The zero-order chi connectivity index (χ0) is 19.2. The van der Waals surface area contributed by atoms with Crippen molar-refractivity contribution in [3.8, 4) is 5.75 Å². The first-order chi connectivity index (χ1) is 12.2. The topological polar surface area (TPSA) is 91.4 Å². The number of benzene rings is 1. The van der Waals surface area contributed by atoms with Crippen molar-refractivity contribution in [1.82, 2.24) is 10.3 Å². The summed E-state index contributed by atoms with van der Waals surface area (Å²) in [7, 11) is 0. The third-order valence-electron chi connectivity index (χ3n) is 3.68. The van der Waals surface area contributed by atoms with E-state index in [1.54, 1.807) is 6.07 Å².